The maximum absolute atomic E-state index is 10.3. The van der Waals surface area contributed by atoms with Gasteiger partial charge >= 0.3 is 0 Å². The monoisotopic (exact) mass is 254 g/mol. The summed E-state index contributed by atoms with van der Waals surface area (Å²) in [7, 11) is 0. The van der Waals surface area contributed by atoms with E-state index in [0.29, 0.717) is 6.42 Å². The Bertz CT molecular complexity index is 513. The molecule has 1 nitrogen and oxygen atoms in total. The lowest BCUT2D eigenvalue weighted by atomic mass is 9.99. The van der Waals surface area contributed by atoms with Crippen LogP contribution >= 0.6 is 0 Å². The quantitative estimate of drug-likeness (QED) is 0.847. The molecule has 1 N–H and O–H groups in total. The van der Waals surface area contributed by atoms with Gasteiger partial charge in [-0.25, -0.2) is 0 Å². The molecule has 0 fully saturated rings. The lowest BCUT2D eigenvalue weighted by molar-refractivity contribution is 0.178. The SMILES string of the molecule is CCCc1ccc(C(O)Cc2cccc(C)c2)cc1. The predicted octanol–water partition coefficient (Wildman–Crippen LogP) is 4.22. The van der Waals surface area contributed by atoms with Gasteiger partial charge in [0, 0.05) is 6.42 Å². The van der Waals surface area contributed by atoms with Crippen LogP contribution in [0.5, 0.6) is 0 Å². The molecule has 0 aromatic heterocycles. The molecule has 0 radical (unpaired) electrons. The first kappa shape index (κ1) is 13.8. The van der Waals surface area contributed by atoms with Gasteiger partial charge in [-0.3, -0.25) is 0 Å². The number of benzene rings is 2. The molecule has 0 saturated carbocycles. The fourth-order valence-electron chi connectivity index (χ4n) is 2.38. The van der Waals surface area contributed by atoms with Crippen molar-refractivity contribution >= 4 is 0 Å². The molecule has 2 aromatic carbocycles. The maximum atomic E-state index is 10.3. The predicted molar refractivity (Wildman–Crippen MR) is 80.3 cm³/mol. The molecule has 1 heteroatoms. The van der Waals surface area contributed by atoms with Crippen molar-refractivity contribution in [1.82, 2.24) is 0 Å². The minimum Gasteiger partial charge on any atom is -0.388 e. The minimum absolute atomic E-state index is 0.419. The Balaban J connectivity index is 2.05. The average molecular weight is 254 g/mol. The normalized spacial score (nSPS) is 12.4. The highest BCUT2D eigenvalue weighted by Gasteiger charge is 2.08. The lowest BCUT2D eigenvalue weighted by Crippen LogP contribution is -2.02. The number of hydrogen-bond donors (Lipinski definition) is 1. The number of rotatable bonds is 5. The van der Waals surface area contributed by atoms with Crippen LogP contribution < -0.4 is 0 Å². The molecule has 2 rings (SSSR count). The number of aliphatic hydroxyl groups excluding tert-OH is 1. The van der Waals surface area contributed by atoms with Crippen molar-refractivity contribution < 1.29 is 5.11 Å². The topological polar surface area (TPSA) is 20.2 Å². The first-order valence-electron chi connectivity index (χ1n) is 7.01. The van der Waals surface area contributed by atoms with Crippen molar-refractivity contribution in [2.75, 3.05) is 0 Å². The highest BCUT2D eigenvalue weighted by Crippen LogP contribution is 2.19. The zero-order valence-electron chi connectivity index (χ0n) is 11.8. The molecule has 0 spiro atoms. The molecule has 0 bridgehead atoms. The van der Waals surface area contributed by atoms with Crippen LogP contribution in [0.1, 0.15) is 41.7 Å². The Morgan fingerprint density at radius 2 is 1.74 bits per heavy atom. The Morgan fingerprint density at radius 3 is 2.37 bits per heavy atom. The van der Waals surface area contributed by atoms with E-state index in [9.17, 15) is 5.11 Å². The van der Waals surface area contributed by atoms with Gasteiger partial charge in [0.25, 0.3) is 0 Å². The van der Waals surface area contributed by atoms with Crippen LogP contribution in [0.25, 0.3) is 0 Å². The summed E-state index contributed by atoms with van der Waals surface area (Å²) < 4.78 is 0. The van der Waals surface area contributed by atoms with Crippen molar-refractivity contribution in [1.29, 1.82) is 0 Å². The molecule has 0 aliphatic heterocycles. The zero-order valence-corrected chi connectivity index (χ0v) is 11.8. The first-order valence-corrected chi connectivity index (χ1v) is 7.01. The average Bonchev–Trinajstić information content (AvgIpc) is 2.40. The molecular formula is C18H22O. The van der Waals surface area contributed by atoms with E-state index in [1.807, 2.05) is 18.2 Å². The van der Waals surface area contributed by atoms with Crippen molar-refractivity contribution in [2.24, 2.45) is 0 Å². The van der Waals surface area contributed by atoms with Gasteiger partial charge in [0.1, 0.15) is 0 Å². The molecule has 0 aliphatic rings. The second-order valence-corrected chi connectivity index (χ2v) is 5.20. The van der Waals surface area contributed by atoms with Gasteiger partial charge in [-0.15, -0.1) is 0 Å². The highest BCUT2D eigenvalue weighted by atomic mass is 16.3. The summed E-state index contributed by atoms with van der Waals surface area (Å²) in [4.78, 5) is 0. The standard InChI is InChI=1S/C18H22O/c1-3-5-15-8-10-17(11-9-15)18(19)13-16-7-4-6-14(2)12-16/h4,6-12,18-19H,3,5,13H2,1-2H3. The van der Waals surface area contributed by atoms with E-state index in [2.05, 4.69) is 44.2 Å². The van der Waals surface area contributed by atoms with E-state index in [4.69, 9.17) is 0 Å². The molecule has 0 heterocycles. The summed E-state index contributed by atoms with van der Waals surface area (Å²) in [5.41, 5.74) is 4.77. The number of hydrogen-bond acceptors (Lipinski definition) is 1. The van der Waals surface area contributed by atoms with E-state index in [-0.39, 0.29) is 0 Å². The minimum atomic E-state index is -0.419. The fraction of sp³-hybridized carbons (Fsp3) is 0.333. The summed E-state index contributed by atoms with van der Waals surface area (Å²) in [6, 6.07) is 16.7. The molecule has 2 aromatic rings. The number of aryl methyl sites for hydroxylation is 2. The van der Waals surface area contributed by atoms with E-state index >= 15 is 0 Å². The lowest BCUT2D eigenvalue weighted by Gasteiger charge is -2.12. The van der Waals surface area contributed by atoms with E-state index in [0.717, 1.165) is 18.4 Å². The van der Waals surface area contributed by atoms with E-state index in [1.54, 1.807) is 0 Å². The van der Waals surface area contributed by atoms with Gasteiger partial charge in [0.15, 0.2) is 0 Å². The van der Waals surface area contributed by atoms with Crippen LogP contribution in [0.4, 0.5) is 0 Å². The van der Waals surface area contributed by atoms with Crippen LogP contribution in [0.2, 0.25) is 0 Å². The third kappa shape index (κ3) is 3.93. The summed E-state index contributed by atoms with van der Waals surface area (Å²) >= 11 is 0. The van der Waals surface area contributed by atoms with Crippen LogP contribution in [0.3, 0.4) is 0 Å². The third-order valence-corrected chi connectivity index (χ3v) is 3.41. The van der Waals surface area contributed by atoms with Crippen molar-refractivity contribution in [3.05, 3.63) is 70.8 Å². The smallest absolute Gasteiger partial charge is 0.0830 e. The molecule has 19 heavy (non-hydrogen) atoms. The largest absolute Gasteiger partial charge is 0.388 e. The van der Waals surface area contributed by atoms with Gasteiger partial charge in [-0.05, 0) is 30.0 Å². The van der Waals surface area contributed by atoms with Crippen LogP contribution in [-0.4, -0.2) is 5.11 Å². The first-order chi connectivity index (χ1) is 9.19. The molecule has 0 aliphatic carbocycles. The second kappa shape index (κ2) is 6.53. The van der Waals surface area contributed by atoms with Crippen molar-refractivity contribution in [2.45, 2.75) is 39.2 Å². The summed E-state index contributed by atoms with van der Waals surface area (Å²) in [5.74, 6) is 0. The second-order valence-electron chi connectivity index (χ2n) is 5.20. The Hall–Kier alpha value is -1.60. The number of aliphatic hydroxyl groups is 1. The van der Waals surface area contributed by atoms with Gasteiger partial charge in [-0.2, -0.15) is 0 Å². The molecule has 0 amide bonds. The highest BCUT2D eigenvalue weighted by molar-refractivity contribution is 5.28. The van der Waals surface area contributed by atoms with Gasteiger partial charge in [0.05, 0.1) is 6.10 Å². The molecule has 1 atom stereocenters. The van der Waals surface area contributed by atoms with Gasteiger partial charge < -0.3 is 5.11 Å². The van der Waals surface area contributed by atoms with Crippen LogP contribution in [-0.2, 0) is 12.8 Å². The molecule has 100 valence electrons. The third-order valence-electron chi connectivity index (χ3n) is 3.41. The van der Waals surface area contributed by atoms with E-state index < -0.39 is 6.10 Å². The Labute approximate surface area is 115 Å². The van der Waals surface area contributed by atoms with E-state index in [1.165, 1.54) is 16.7 Å². The summed E-state index contributed by atoms with van der Waals surface area (Å²) in [5, 5.41) is 10.3. The zero-order chi connectivity index (χ0) is 13.7. The Morgan fingerprint density at radius 1 is 1.00 bits per heavy atom. The molecular weight excluding hydrogens is 232 g/mol. The van der Waals surface area contributed by atoms with Crippen LogP contribution in [0, 0.1) is 6.92 Å². The fourth-order valence-corrected chi connectivity index (χ4v) is 2.38. The van der Waals surface area contributed by atoms with Crippen molar-refractivity contribution in [3.63, 3.8) is 0 Å². The molecule has 1 unspecified atom stereocenters. The van der Waals surface area contributed by atoms with Crippen molar-refractivity contribution in [3.8, 4) is 0 Å². The van der Waals surface area contributed by atoms with Gasteiger partial charge in [-0.1, -0.05) is 67.4 Å². The summed E-state index contributed by atoms with van der Waals surface area (Å²) in [6.07, 6.45) is 2.52. The molecule has 0 saturated heterocycles. The van der Waals surface area contributed by atoms with Gasteiger partial charge in [0.2, 0.25) is 0 Å². The Kier molecular flexibility index (Phi) is 4.75. The summed E-state index contributed by atoms with van der Waals surface area (Å²) in [6.45, 7) is 4.26. The maximum Gasteiger partial charge on any atom is 0.0830 e. The van der Waals surface area contributed by atoms with Crippen LogP contribution in [0.15, 0.2) is 48.5 Å².